The van der Waals surface area contributed by atoms with Crippen LogP contribution in [0.15, 0.2) is 48.5 Å². The van der Waals surface area contributed by atoms with Gasteiger partial charge in [-0.2, -0.15) is 0 Å². The van der Waals surface area contributed by atoms with Crippen LogP contribution in [0.2, 0.25) is 0 Å². The molecule has 1 aromatic heterocycles. The normalized spacial score (nSPS) is 10.6. The Bertz CT molecular complexity index is 923. The molecule has 0 radical (unpaired) electrons. The second kappa shape index (κ2) is 7.77. The number of carbonyl (C=O) groups is 1. The first-order chi connectivity index (χ1) is 12.6. The summed E-state index contributed by atoms with van der Waals surface area (Å²) in [6, 6.07) is 13.9. The fourth-order valence-electron chi connectivity index (χ4n) is 2.62. The lowest BCUT2D eigenvalue weighted by molar-refractivity contribution is 0.0945. The molecule has 0 aliphatic carbocycles. The molecule has 7 heteroatoms. The largest absolute Gasteiger partial charge is 0.496 e. The van der Waals surface area contributed by atoms with Crippen molar-refractivity contribution in [3.05, 3.63) is 76.9 Å². The van der Waals surface area contributed by atoms with Gasteiger partial charge in [0.2, 0.25) is 0 Å². The summed E-state index contributed by atoms with van der Waals surface area (Å²) in [4.78, 5) is 12.4. The Morgan fingerprint density at radius 2 is 1.85 bits per heavy atom. The summed E-state index contributed by atoms with van der Waals surface area (Å²) in [6.07, 6.45) is 0. The quantitative estimate of drug-likeness (QED) is 0.739. The number of rotatable bonds is 6. The fraction of sp³-hybridized carbons (Fsp3) is 0.211. The number of benzene rings is 2. The number of nitrogens with zero attached hydrogens (tertiary/aromatic N) is 3. The number of amides is 1. The van der Waals surface area contributed by atoms with Crippen molar-refractivity contribution in [1.82, 2.24) is 20.3 Å². The molecule has 0 saturated heterocycles. The van der Waals surface area contributed by atoms with Gasteiger partial charge in [0, 0.05) is 17.7 Å². The van der Waals surface area contributed by atoms with E-state index in [0.717, 1.165) is 5.56 Å². The van der Waals surface area contributed by atoms with Crippen molar-refractivity contribution in [2.75, 3.05) is 7.11 Å². The van der Waals surface area contributed by atoms with Crippen molar-refractivity contribution in [3.63, 3.8) is 0 Å². The molecule has 0 unspecified atom stereocenters. The number of nitrogens with one attached hydrogen (secondary N) is 1. The van der Waals surface area contributed by atoms with Crippen LogP contribution in [0, 0.1) is 12.7 Å². The summed E-state index contributed by atoms with van der Waals surface area (Å²) in [5.41, 5.74) is 2.14. The number of ether oxygens (including phenoxy) is 1. The molecule has 0 bridgehead atoms. The zero-order valence-corrected chi connectivity index (χ0v) is 14.6. The smallest absolute Gasteiger partial charge is 0.274 e. The van der Waals surface area contributed by atoms with Crippen LogP contribution in [-0.4, -0.2) is 28.0 Å². The van der Waals surface area contributed by atoms with Crippen molar-refractivity contribution >= 4 is 5.91 Å². The van der Waals surface area contributed by atoms with E-state index in [0.29, 0.717) is 23.6 Å². The molecule has 1 heterocycles. The van der Waals surface area contributed by atoms with Crippen LogP contribution in [0.1, 0.15) is 27.3 Å². The number of carbonyl (C=O) groups excluding carboxylic acids is 1. The maximum atomic E-state index is 13.8. The maximum Gasteiger partial charge on any atom is 0.274 e. The average molecular weight is 354 g/mol. The van der Waals surface area contributed by atoms with E-state index < -0.39 is 0 Å². The van der Waals surface area contributed by atoms with Crippen LogP contribution in [0.3, 0.4) is 0 Å². The van der Waals surface area contributed by atoms with Crippen molar-refractivity contribution in [2.45, 2.75) is 20.0 Å². The number of hydrogen-bond acceptors (Lipinski definition) is 4. The van der Waals surface area contributed by atoms with E-state index in [-0.39, 0.29) is 24.0 Å². The van der Waals surface area contributed by atoms with Crippen LogP contribution < -0.4 is 10.1 Å². The minimum atomic E-state index is -0.340. The SMILES string of the molecule is COc1ccccc1CNC(=O)c1nnn(Cc2ccccc2F)c1C. The molecule has 6 nitrogen and oxygen atoms in total. The molecule has 3 aromatic rings. The van der Waals surface area contributed by atoms with E-state index >= 15 is 0 Å². The minimum absolute atomic E-state index is 0.214. The van der Waals surface area contributed by atoms with Gasteiger partial charge >= 0.3 is 0 Å². The number of methoxy groups -OCH3 is 1. The molecule has 1 amide bonds. The van der Waals surface area contributed by atoms with Gasteiger partial charge < -0.3 is 10.1 Å². The third-order valence-electron chi connectivity index (χ3n) is 4.11. The lowest BCUT2D eigenvalue weighted by Gasteiger charge is -2.09. The molecule has 0 fully saturated rings. The third-order valence-corrected chi connectivity index (χ3v) is 4.11. The Kier molecular flexibility index (Phi) is 5.26. The zero-order valence-electron chi connectivity index (χ0n) is 14.6. The van der Waals surface area contributed by atoms with Gasteiger partial charge in [-0.25, -0.2) is 9.07 Å². The summed E-state index contributed by atoms with van der Waals surface area (Å²) in [7, 11) is 1.58. The van der Waals surface area contributed by atoms with Gasteiger partial charge in [0.25, 0.3) is 5.91 Å². The first-order valence-corrected chi connectivity index (χ1v) is 8.13. The van der Waals surface area contributed by atoms with Gasteiger partial charge in [-0.1, -0.05) is 41.6 Å². The Balaban J connectivity index is 1.71. The van der Waals surface area contributed by atoms with Crippen LogP contribution in [0.4, 0.5) is 4.39 Å². The average Bonchev–Trinajstić information content (AvgIpc) is 3.02. The first-order valence-electron chi connectivity index (χ1n) is 8.13. The Hall–Kier alpha value is -3.22. The van der Waals surface area contributed by atoms with E-state index in [9.17, 15) is 9.18 Å². The second-order valence-electron chi connectivity index (χ2n) is 5.77. The molecule has 3 rings (SSSR count). The van der Waals surface area contributed by atoms with Gasteiger partial charge in [0.1, 0.15) is 11.6 Å². The summed E-state index contributed by atoms with van der Waals surface area (Å²) in [6.45, 7) is 2.26. The van der Waals surface area contributed by atoms with Crippen LogP contribution >= 0.6 is 0 Å². The molecule has 0 saturated carbocycles. The van der Waals surface area contributed by atoms with Gasteiger partial charge in [-0.05, 0) is 19.1 Å². The molecule has 1 N–H and O–H groups in total. The van der Waals surface area contributed by atoms with Crippen LogP contribution in [-0.2, 0) is 13.1 Å². The lowest BCUT2D eigenvalue weighted by atomic mass is 10.2. The summed E-state index contributed by atoms with van der Waals surface area (Å²) < 4.78 is 20.6. The Morgan fingerprint density at radius 1 is 1.15 bits per heavy atom. The van der Waals surface area contributed by atoms with Crippen molar-refractivity contribution in [3.8, 4) is 5.75 Å². The Labute approximate surface area is 150 Å². The van der Waals surface area contributed by atoms with E-state index in [1.807, 2.05) is 24.3 Å². The van der Waals surface area contributed by atoms with Gasteiger partial charge in [0.15, 0.2) is 5.69 Å². The number of para-hydroxylation sites is 1. The molecule has 26 heavy (non-hydrogen) atoms. The first kappa shape index (κ1) is 17.6. The van der Waals surface area contributed by atoms with Crippen LogP contribution in [0.5, 0.6) is 5.75 Å². The third kappa shape index (κ3) is 3.72. The fourth-order valence-corrected chi connectivity index (χ4v) is 2.62. The highest BCUT2D eigenvalue weighted by molar-refractivity contribution is 5.93. The van der Waals surface area contributed by atoms with Crippen molar-refractivity contribution in [1.29, 1.82) is 0 Å². The minimum Gasteiger partial charge on any atom is -0.496 e. The van der Waals surface area contributed by atoms with Crippen LogP contribution in [0.25, 0.3) is 0 Å². The monoisotopic (exact) mass is 354 g/mol. The number of halogens is 1. The van der Waals surface area contributed by atoms with Crippen molar-refractivity contribution < 1.29 is 13.9 Å². The van der Waals surface area contributed by atoms with E-state index in [2.05, 4.69) is 15.6 Å². The van der Waals surface area contributed by atoms with Crippen molar-refractivity contribution in [2.24, 2.45) is 0 Å². The van der Waals surface area contributed by atoms with E-state index in [1.165, 1.54) is 10.7 Å². The standard InChI is InChI=1S/C19H19FN4O2/c1-13-18(19(25)21-11-14-7-4-6-10-17(14)26-2)22-23-24(13)12-15-8-3-5-9-16(15)20/h3-10H,11-12H2,1-2H3,(H,21,25). The van der Waals surface area contributed by atoms with E-state index in [1.54, 1.807) is 32.2 Å². The molecular formula is C19H19FN4O2. The van der Waals surface area contributed by atoms with Gasteiger partial charge in [-0.3, -0.25) is 4.79 Å². The topological polar surface area (TPSA) is 69.0 Å². The highest BCUT2D eigenvalue weighted by atomic mass is 19.1. The summed E-state index contributed by atoms with van der Waals surface area (Å²) >= 11 is 0. The maximum absolute atomic E-state index is 13.8. The lowest BCUT2D eigenvalue weighted by Crippen LogP contribution is -2.24. The number of hydrogen-bond donors (Lipinski definition) is 1. The molecule has 2 aromatic carbocycles. The van der Waals surface area contributed by atoms with Gasteiger partial charge in [-0.15, -0.1) is 5.10 Å². The summed E-state index contributed by atoms with van der Waals surface area (Å²) in [5, 5.41) is 10.7. The van der Waals surface area contributed by atoms with Gasteiger partial charge in [0.05, 0.1) is 19.3 Å². The highest BCUT2D eigenvalue weighted by Crippen LogP contribution is 2.17. The zero-order chi connectivity index (χ0) is 18.5. The molecule has 0 aliphatic heterocycles. The predicted octanol–water partition coefficient (Wildman–Crippen LogP) is 2.71. The predicted molar refractivity (Wildman–Crippen MR) is 94.4 cm³/mol. The second-order valence-corrected chi connectivity index (χ2v) is 5.77. The summed E-state index contributed by atoms with van der Waals surface area (Å²) in [5.74, 6) is 0.0468. The molecule has 0 spiro atoms. The molecule has 0 aliphatic rings. The van der Waals surface area contributed by atoms with E-state index in [4.69, 9.17) is 4.74 Å². The molecular weight excluding hydrogens is 335 g/mol. The Morgan fingerprint density at radius 3 is 2.58 bits per heavy atom. The number of aromatic nitrogens is 3. The molecule has 134 valence electrons. The molecule has 0 atom stereocenters. The highest BCUT2D eigenvalue weighted by Gasteiger charge is 2.17.